The van der Waals surface area contributed by atoms with Crippen molar-refractivity contribution in [1.82, 2.24) is 0 Å². The van der Waals surface area contributed by atoms with Gasteiger partial charge < -0.3 is 18.9 Å². The second-order valence-corrected chi connectivity index (χ2v) is 7.77. The summed E-state index contributed by atoms with van der Waals surface area (Å²) < 4.78 is 23.1. The summed E-state index contributed by atoms with van der Waals surface area (Å²) in [6.07, 6.45) is 4.70. The predicted octanol–water partition coefficient (Wildman–Crippen LogP) is 4.53. The Hall–Kier alpha value is -2.02. The Labute approximate surface area is 179 Å². The van der Waals surface area contributed by atoms with E-state index in [1.54, 1.807) is 20.8 Å². The third-order valence-electron chi connectivity index (χ3n) is 4.80. The van der Waals surface area contributed by atoms with Gasteiger partial charge in [0, 0.05) is 12.7 Å². The minimum absolute atomic E-state index is 0.248. The minimum atomic E-state index is -0.943. The van der Waals surface area contributed by atoms with E-state index in [1.807, 2.05) is 30.3 Å². The van der Waals surface area contributed by atoms with Gasteiger partial charge in [0.1, 0.15) is 12.2 Å². The molecule has 3 atom stereocenters. The fourth-order valence-electron chi connectivity index (χ4n) is 3.43. The molecule has 0 bridgehead atoms. The molecule has 1 heterocycles. The molecule has 1 aliphatic heterocycles. The average molecular weight is 419 g/mol. The van der Waals surface area contributed by atoms with Crippen LogP contribution in [-0.4, -0.2) is 43.0 Å². The van der Waals surface area contributed by atoms with Crippen molar-refractivity contribution in [3.05, 3.63) is 48.0 Å². The highest BCUT2D eigenvalue weighted by Gasteiger charge is 2.48. The summed E-state index contributed by atoms with van der Waals surface area (Å²) in [4.78, 5) is 24.4. The van der Waals surface area contributed by atoms with Crippen LogP contribution < -0.4 is 0 Å². The Balaban J connectivity index is 2.19. The monoisotopic (exact) mass is 418 g/mol. The molecule has 1 saturated heterocycles. The van der Waals surface area contributed by atoms with Gasteiger partial charge in [0.25, 0.3) is 0 Å². The Morgan fingerprint density at radius 2 is 1.80 bits per heavy atom. The number of unbranched alkanes of at least 4 members (excludes halogenated alkanes) is 3. The van der Waals surface area contributed by atoms with Crippen LogP contribution in [0, 0.1) is 0 Å². The van der Waals surface area contributed by atoms with Crippen LogP contribution >= 0.6 is 0 Å². The number of hydrogen-bond donors (Lipinski definition) is 0. The lowest BCUT2D eigenvalue weighted by molar-refractivity contribution is -0.162. The fraction of sp³-hybridized carbons (Fsp3) is 0.583. The molecule has 0 amide bonds. The van der Waals surface area contributed by atoms with Gasteiger partial charge in [0.05, 0.1) is 6.61 Å². The van der Waals surface area contributed by atoms with Crippen LogP contribution in [0.3, 0.4) is 0 Å². The summed E-state index contributed by atoms with van der Waals surface area (Å²) in [6, 6.07) is 9.72. The van der Waals surface area contributed by atoms with Gasteiger partial charge in [-0.25, -0.2) is 4.79 Å². The number of ketones is 1. The van der Waals surface area contributed by atoms with Crippen LogP contribution in [-0.2, 0) is 28.5 Å². The van der Waals surface area contributed by atoms with Gasteiger partial charge in [-0.3, -0.25) is 4.79 Å². The van der Waals surface area contributed by atoms with Crippen molar-refractivity contribution in [1.29, 1.82) is 0 Å². The molecule has 30 heavy (non-hydrogen) atoms. The van der Waals surface area contributed by atoms with E-state index in [9.17, 15) is 9.59 Å². The summed E-state index contributed by atoms with van der Waals surface area (Å²) in [5.41, 5.74) is 0.923. The van der Waals surface area contributed by atoms with Gasteiger partial charge in [-0.05, 0) is 38.8 Å². The highest BCUT2D eigenvalue weighted by atomic mass is 16.8. The van der Waals surface area contributed by atoms with E-state index in [1.165, 1.54) is 6.08 Å². The van der Waals surface area contributed by atoms with E-state index in [2.05, 4.69) is 6.92 Å². The molecule has 0 aromatic heterocycles. The molecule has 0 aliphatic carbocycles. The molecule has 166 valence electrons. The van der Waals surface area contributed by atoms with Crippen molar-refractivity contribution >= 4 is 11.8 Å². The SMILES string of the molecule is CCCCCCO[C@@H](c1ccccc1)[C@H]1OC(C)(C)O[C@@H]1C(=O)/C=C/C(=O)OCC. The van der Waals surface area contributed by atoms with Gasteiger partial charge >= 0.3 is 5.97 Å². The molecule has 1 aliphatic rings. The molecule has 0 unspecified atom stereocenters. The first kappa shape index (κ1) is 24.3. The molecule has 1 fully saturated rings. The van der Waals surface area contributed by atoms with Gasteiger partial charge in [-0.2, -0.15) is 0 Å². The number of carbonyl (C=O) groups excluding carboxylic acids is 2. The first-order valence-electron chi connectivity index (χ1n) is 10.8. The van der Waals surface area contributed by atoms with Crippen LogP contribution in [0.4, 0.5) is 0 Å². The Morgan fingerprint density at radius 1 is 1.07 bits per heavy atom. The van der Waals surface area contributed by atoms with Crippen LogP contribution in [0.25, 0.3) is 0 Å². The van der Waals surface area contributed by atoms with E-state index in [4.69, 9.17) is 18.9 Å². The van der Waals surface area contributed by atoms with Crippen LogP contribution in [0.5, 0.6) is 0 Å². The number of rotatable bonds is 12. The van der Waals surface area contributed by atoms with E-state index in [0.29, 0.717) is 6.61 Å². The molecular weight excluding hydrogens is 384 g/mol. The van der Waals surface area contributed by atoms with Crippen LogP contribution in [0.15, 0.2) is 42.5 Å². The topological polar surface area (TPSA) is 71.1 Å². The highest BCUT2D eigenvalue weighted by Crippen LogP contribution is 2.38. The molecule has 0 radical (unpaired) electrons. The quantitative estimate of drug-likeness (QED) is 0.282. The van der Waals surface area contributed by atoms with E-state index >= 15 is 0 Å². The zero-order chi connectivity index (χ0) is 22.0. The smallest absolute Gasteiger partial charge is 0.330 e. The molecule has 6 nitrogen and oxygen atoms in total. The summed E-state index contributed by atoms with van der Waals surface area (Å²) in [7, 11) is 0. The maximum atomic E-state index is 12.8. The van der Waals surface area contributed by atoms with Crippen LogP contribution in [0.2, 0.25) is 0 Å². The fourth-order valence-corrected chi connectivity index (χ4v) is 3.43. The summed E-state index contributed by atoms with van der Waals surface area (Å²) in [6.45, 7) is 8.23. The first-order chi connectivity index (χ1) is 14.4. The van der Waals surface area contributed by atoms with Crippen molar-refractivity contribution in [2.75, 3.05) is 13.2 Å². The third kappa shape index (κ3) is 7.35. The lowest BCUT2D eigenvalue weighted by Gasteiger charge is -2.26. The lowest BCUT2D eigenvalue weighted by Crippen LogP contribution is -2.36. The lowest BCUT2D eigenvalue weighted by atomic mass is 9.97. The van der Waals surface area contributed by atoms with Gasteiger partial charge in [-0.1, -0.05) is 56.5 Å². The molecule has 1 aromatic rings. The Bertz CT molecular complexity index is 697. The molecule has 0 N–H and O–H groups in total. The molecule has 2 rings (SSSR count). The number of benzene rings is 1. The van der Waals surface area contributed by atoms with Crippen LogP contribution in [0.1, 0.15) is 65.0 Å². The van der Waals surface area contributed by atoms with E-state index in [0.717, 1.165) is 37.3 Å². The van der Waals surface area contributed by atoms with Gasteiger partial charge in [0.15, 0.2) is 17.7 Å². The molecule has 6 heteroatoms. The van der Waals surface area contributed by atoms with Crippen molar-refractivity contribution in [3.8, 4) is 0 Å². The Kier molecular flexibility index (Phi) is 9.69. The summed E-state index contributed by atoms with van der Waals surface area (Å²) >= 11 is 0. The highest BCUT2D eigenvalue weighted by molar-refractivity contribution is 5.99. The van der Waals surface area contributed by atoms with Crippen molar-refractivity contribution in [2.24, 2.45) is 0 Å². The zero-order valence-corrected chi connectivity index (χ0v) is 18.5. The number of hydrogen-bond acceptors (Lipinski definition) is 6. The summed E-state index contributed by atoms with van der Waals surface area (Å²) in [5.74, 6) is -1.86. The molecule has 1 aromatic carbocycles. The third-order valence-corrected chi connectivity index (χ3v) is 4.80. The van der Waals surface area contributed by atoms with Crippen molar-refractivity contribution < 1.29 is 28.5 Å². The first-order valence-corrected chi connectivity index (χ1v) is 10.8. The molecule has 0 saturated carbocycles. The molecule has 0 spiro atoms. The van der Waals surface area contributed by atoms with Gasteiger partial charge in [-0.15, -0.1) is 0 Å². The number of ether oxygens (including phenoxy) is 4. The number of esters is 1. The second-order valence-electron chi connectivity index (χ2n) is 7.77. The predicted molar refractivity (Wildman–Crippen MR) is 114 cm³/mol. The zero-order valence-electron chi connectivity index (χ0n) is 18.5. The maximum Gasteiger partial charge on any atom is 0.330 e. The standard InChI is InChI=1S/C24H34O6/c1-5-7-8-12-17-28-21(18-13-10-9-11-14-18)23-22(29-24(3,4)30-23)19(25)15-16-20(26)27-6-2/h9-11,13-16,21-23H,5-8,12,17H2,1-4H3/b16-15+/t21-,22+,23+/m0/s1. The van der Waals surface area contributed by atoms with Crippen molar-refractivity contribution in [3.63, 3.8) is 0 Å². The van der Waals surface area contributed by atoms with Gasteiger partial charge in [0.2, 0.25) is 0 Å². The van der Waals surface area contributed by atoms with Crippen molar-refractivity contribution in [2.45, 2.75) is 77.5 Å². The van der Waals surface area contributed by atoms with E-state index in [-0.39, 0.29) is 12.4 Å². The summed E-state index contributed by atoms with van der Waals surface area (Å²) in [5, 5.41) is 0. The maximum absolute atomic E-state index is 12.8. The molecular formula is C24H34O6. The average Bonchev–Trinajstić information content (AvgIpc) is 3.05. The normalized spacial score (nSPS) is 21.6. The van der Waals surface area contributed by atoms with E-state index < -0.39 is 30.1 Å². The largest absolute Gasteiger partial charge is 0.463 e. The second kappa shape index (κ2) is 12.0. The Morgan fingerprint density at radius 3 is 2.47 bits per heavy atom. The number of carbonyl (C=O) groups is 2. The minimum Gasteiger partial charge on any atom is -0.463 e.